The summed E-state index contributed by atoms with van der Waals surface area (Å²) < 4.78 is 37.8. The van der Waals surface area contributed by atoms with Crippen LogP contribution in [0.3, 0.4) is 0 Å². The summed E-state index contributed by atoms with van der Waals surface area (Å²) >= 11 is 0. The van der Waals surface area contributed by atoms with E-state index in [0.717, 1.165) is 6.07 Å². The van der Waals surface area contributed by atoms with E-state index in [1.807, 2.05) is 0 Å². The normalized spacial score (nSPS) is 11.2. The van der Waals surface area contributed by atoms with E-state index in [1.54, 1.807) is 0 Å². The lowest BCUT2D eigenvalue weighted by atomic mass is 10.0. The van der Waals surface area contributed by atoms with Crippen molar-refractivity contribution in [3.63, 3.8) is 0 Å². The molecule has 0 bridgehead atoms. The molecule has 1 aromatic rings. The smallest absolute Gasteiger partial charge is 0.306 e. The molecule has 5 heteroatoms. The van der Waals surface area contributed by atoms with Crippen molar-refractivity contribution in [2.45, 2.75) is 6.18 Å². The summed E-state index contributed by atoms with van der Waals surface area (Å²) in [6.07, 6.45) is -2.98. The standard InChI is InChI=1S/C12H12F3NO/c1-2-7-16-8-11(17)9-5-3-4-6-10(9)12(13,14)15/h2-6,16H,1,7-8H2. The Kier molecular flexibility index (Phi) is 4.45. The van der Waals surface area contributed by atoms with Crippen molar-refractivity contribution in [1.29, 1.82) is 0 Å². The molecule has 17 heavy (non-hydrogen) atoms. The second-order valence-electron chi connectivity index (χ2n) is 3.39. The number of hydrogen-bond acceptors (Lipinski definition) is 2. The van der Waals surface area contributed by atoms with Gasteiger partial charge in [0, 0.05) is 12.1 Å². The zero-order valence-corrected chi connectivity index (χ0v) is 9.05. The third-order valence-electron chi connectivity index (χ3n) is 2.11. The van der Waals surface area contributed by atoms with Gasteiger partial charge in [0.05, 0.1) is 12.1 Å². The Morgan fingerprint density at radius 3 is 2.59 bits per heavy atom. The van der Waals surface area contributed by atoms with Crippen LogP contribution in [-0.4, -0.2) is 18.9 Å². The highest BCUT2D eigenvalue weighted by atomic mass is 19.4. The van der Waals surface area contributed by atoms with Gasteiger partial charge in [0.25, 0.3) is 0 Å². The Hall–Kier alpha value is -1.62. The molecule has 0 spiro atoms. The van der Waals surface area contributed by atoms with Crippen LogP contribution in [0.2, 0.25) is 0 Å². The van der Waals surface area contributed by atoms with Gasteiger partial charge < -0.3 is 5.32 Å². The lowest BCUT2D eigenvalue weighted by molar-refractivity contribution is -0.137. The molecule has 0 aliphatic carbocycles. The van der Waals surface area contributed by atoms with Crippen molar-refractivity contribution in [1.82, 2.24) is 5.32 Å². The summed E-state index contributed by atoms with van der Waals surface area (Å²) in [5.74, 6) is -0.584. The third-order valence-corrected chi connectivity index (χ3v) is 2.11. The Morgan fingerprint density at radius 1 is 1.35 bits per heavy atom. The Labute approximate surface area is 97.1 Å². The van der Waals surface area contributed by atoms with Gasteiger partial charge in [-0.2, -0.15) is 13.2 Å². The number of halogens is 3. The molecule has 0 radical (unpaired) electrons. The summed E-state index contributed by atoms with van der Waals surface area (Å²) in [6.45, 7) is 3.67. The average molecular weight is 243 g/mol. The van der Waals surface area contributed by atoms with E-state index in [2.05, 4.69) is 11.9 Å². The molecule has 0 aromatic heterocycles. The lowest BCUT2D eigenvalue weighted by Gasteiger charge is -2.11. The van der Waals surface area contributed by atoms with Crippen LogP contribution in [0.4, 0.5) is 13.2 Å². The Balaban J connectivity index is 2.90. The third kappa shape index (κ3) is 3.71. The number of rotatable bonds is 5. The summed E-state index contributed by atoms with van der Waals surface area (Å²) in [6, 6.07) is 4.76. The molecular weight excluding hydrogens is 231 g/mol. The molecule has 0 aliphatic rings. The quantitative estimate of drug-likeness (QED) is 0.489. The molecule has 1 N–H and O–H groups in total. The molecule has 0 saturated carbocycles. The van der Waals surface area contributed by atoms with E-state index >= 15 is 0 Å². The van der Waals surface area contributed by atoms with Gasteiger partial charge in [-0.15, -0.1) is 6.58 Å². The molecule has 0 aliphatic heterocycles. The summed E-state index contributed by atoms with van der Waals surface area (Å²) in [5, 5.41) is 2.68. The van der Waals surface area contributed by atoms with E-state index in [1.165, 1.54) is 24.3 Å². The molecule has 1 aromatic carbocycles. The predicted molar refractivity (Wildman–Crippen MR) is 58.8 cm³/mol. The molecule has 0 heterocycles. The minimum atomic E-state index is -4.51. The van der Waals surface area contributed by atoms with Gasteiger partial charge in [-0.3, -0.25) is 4.79 Å². The maximum Gasteiger partial charge on any atom is 0.417 e. The highest BCUT2D eigenvalue weighted by molar-refractivity contribution is 5.99. The second kappa shape index (κ2) is 5.63. The molecule has 92 valence electrons. The lowest BCUT2D eigenvalue weighted by Crippen LogP contribution is -2.25. The molecule has 0 unspecified atom stereocenters. The van der Waals surface area contributed by atoms with Crippen molar-refractivity contribution in [2.24, 2.45) is 0 Å². The molecule has 0 atom stereocenters. The highest BCUT2D eigenvalue weighted by Crippen LogP contribution is 2.31. The summed E-state index contributed by atoms with van der Waals surface area (Å²) in [5.41, 5.74) is -1.21. The zero-order valence-electron chi connectivity index (χ0n) is 9.05. The van der Waals surface area contributed by atoms with Gasteiger partial charge >= 0.3 is 6.18 Å². The van der Waals surface area contributed by atoms with Crippen molar-refractivity contribution in [2.75, 3.05) is 13.1 Å². The van der Waals surface area contributed by atoms with E-state index in [-0.39, 0.29) is 12.1 Å². The van der Waals surface area contributed by atoms with Crippen molar-refractivity contribution >= 4 is 5.78 Å². The average Bonchev–Trinajstić information content (AvgIpc) is 2.28. The van der Waals surface area contributed by atoms with Gasteiger partial charge in [-0.1, -0.05) is 24.3 Å². The minimum absolute atomic E-state index is 0.140. The topological polar surface area (TPSA) is 29.1 Å². The van der Waals surface area contributed by atoms with Crippen LogP contribution in [0.5, 0.6) is 0 Å². The molecular formula is C12H12F3NO. The van der Waals surface area contributed by atoms with Crippen molar-refractivity contribution in [3.8, 4) is 0 Å². The maximum absolute atomic E-state index is 12.6. The Bertz CT molecular complexity index is 412. The van der Waals surface area contributed by atoms with E-state index < -0.39 is 17.5 Å². The van der Waals surface area contributed by atoms with E-state index in [9.17, 15) is 18.0 Å². The van der Waals surface area contributed by atoms with E-state index in [4.69, 9.17) is 0 Å². The predicted octanol–water partition coefficient (Wildman–Crippen LogP) is 2.66. The van der Waals surface area contributed by atoms with Crippen LogP contribution < -0.4 is 5.32 Å². The number of hydrogen-bond donors (Lipinski definition) is 1. The number of Topliss-reactive ketones (excluding diaryl/α,β-unsaturated/α-hetero) is 1. The number of benzene rings is 1. The van der Waals surface area contributed by atoms with Gasteiger partial charge in [-0.05, 0) is 6.07 Å². The van der Waals surface area contributed by atoms with Gasteiger partial charge in [0.2, 0.25) is 0 Å². The number of ketones is 1. The van der Waals surface area contributed by atoms with Crippen LogP contribution in [0.1, 0.15) is 15.9 Å². The van der Waals surface area contributed by atoms with Gasteiger partial charge in [0.15, 0.2) is 5.78 Å². The zero-order chi connectivity index (χ0) is 12.9. The van der Waals surface area contributed by atoms with Crippen LogP contribution in [0.25, 0.3) is 0 Å². The largest absolute Gasteiger partial charge is 0.417 e. The molecule has 2 nitrogen and oxygen atoms in total. The number of alkyl halides is 3. The monoisotopic (exact) mass is 243 g/mol. The first-order valence-corrected chi connectivity index (χ1v) is 4.98. The second-order valence-corrected chi connectivity index (χ2v) is 3.39. The maximum atomic E-state index is 12.6. The minimum Gasteiger partial charge on any atom is -0.306 e. The van der Waals surface area contributed by atoms with Crippen LogP contribution >= 0.6 is 0 Å². The highest BCUT2D eigenvalue weighted by Gasteiger charge is 2.34. The molecule has 1 rings (SSSR count). The van der Waals surface area contributed by atoms with Crippen LogP contribution in [0.15, 0.2) is 36.9 Å². The number of nitrogens with one attached hydrogen (secondary N) is 1. The molecule has 0 saturated heterocycles. The fourth-order valence-electron chi connectivity index (χ4n) is 1.36. The molecule has 0 amide bonds. The number of carbonyl (C=O) groups excluding carboxylic acids is 1. The van der Waals surface area contributed by atoms with Gasteiger partial charge in [-0.25, -0.2) is 0 Å². The van der Waals surface area contributed by atoms with Crippen LogP contribution in [0, 0.1) is 0 Å². The molecule has 0 fully saturated rings. The fourth-order valence-corrected chi connectivity index (χ4v) is 1.36. The Morgan fingerprint density at radius 2 is 2.00 bits per heavy atom. The first kappa shape index (κ1) is 13.4. The number of carbonyl (C=O) groups is 1. The summed E-state index contributed by atoms with van der Waals surface area (Å²) in [4.78, 5) is 11.6. The fraction of sp³-hybridized carbons (Fsp3) is 0.250. The van der Waals surface area contributed by atoms with E-state index in [0.29, 0.717) is 6.54 Å². The SMILES string of the molecule is C=CCNCC(=O)c1ccccc1C(F)(F)F. The van der Waals surface area contributed by atoms with Crippen molar-refractivity contribution in [3.05, 3.63) is 48.0 Å². The van der Waals surface area contributed by atoms with Crippen molar-refractivity contribution < 1.29 is 18.0 Å². The van der Waals surface area contributed by atoms with Gasteiger partial charge in [0.1, 0.15) is 0 Å². The summed E-state index contributed by atoms with van der Waals surface area (Å²) in [7, 11) is 0. The first-order valence-electron chi connectivity index (χ1n) is 4.98. The van der Waals surface area contributed by atoms with Crippen LogP contribution in [-0.2, 0) is 6.18 Å². The first-order chi connectivity index (χ1) is 7.96.